The van der Waals surface area contributed by atoms with E-state index >= 15 is 0 Å². The topological polar surface area (TPSA) is 50.1 Å². The SMILES string of the molecule is Cc1ccc(-c2ccc(/C=C(\C#N)c3cc(-c4ccco4)cs3)o2)cc1. The Bertz CT molecular complexity index is 1090. The molecule has 126 valence electrons. The minimum atomic E-state index is 0.567. The molecule has 3 aromatic heterocycles. The van der Waals surface area contributed by atoms with E-state index in [9.17, 15) is 5.26 Å². The zero-order valence-corrected chi connectivity index (χ0v) is 14.9. The number of hydrogen-bond acceptors (Lipinski definition) is 4. The zero-order valence-electron chi connectivity index (χ0n) is 14.1. The minimum Gasteiger partial charge on any atom is -0.464 e. The van der Waals surface area contributed by atoms with Gasteiger partial charge in [0, 0.05) is 21.4 Å². The number of allylic oxidation sites excluding steroid dienone is 1. The van der Waals surface area contributed by atoms with E-state index in [1.165, 1.54) is 16.9 Å². The van der Waals surface area contributed by atoms with Gasteiger partial charge in [-0.15, -0.1) is 11.3 Å². The summed E-state index contributed by atoms with van der Waals surface area (Å²) in [4.78, 5) is 0.882. The van der Waals surface area contributed by atoms with Gasteiger partial charge in [-0.2, -0.15) is 5.26 Å². The van der Waals surface area contributed by atoms with Crippen LogP contribution in [0.2, 0.25) is 0 Å². The standard InChI is InChI=1S/C22H15NO2S/c1-15-4-6-16(7-5-15)21-9-8-19(25-21)11-17(13-23)22-12-18(14-26-22)20-3-2-10-24-20/h2-12,14H,1H3/b17-11+. The Kier molecular flexibility index (Phi) is 4.30. The van der Waals surface area contributed by atoms with E-state index in [2.05, 4.69) is 25.1 Å². The van der Waals surface area contributed by atoms with Gasteiger partial charge in [0.1, 0.15) is 23.3 Å². The molecule has 1 aromatic carbocycles. The molecule has 0 N–H and O–H groups in total. The second-order valence-electron chi connectivity index (χ2n) is 5.91. The number of hydrogen-bond donors (Lipinski definition) is 0. The van der Waals surface area contributed by atoms with Crippen molar-refractivity contribution in [2.45, 2.75) is 6.92 Å². The second kappa shape index (κ2) is 6.91. The normalized spacial score (nSPS) is 11.5. The molecular formula is C22H15NO2S. The quantitative estimate of drug-likeness (QED) is 0.385. The number of benzene rings is 1. The Morgan fingerprint density at radius 3 is 2.62 bits per heavy atom. The first-order valence-corrected chi connectivity index (χ1v) is 9.02. The lowest BCUT2D eigenvalue weighted by molar-refractivity contribution is 0.572. The summed E-state index contributed by atoms with van der Waals surface area (Å²) in [6.45, 7) is 2.05. The molecule has 0 aliphatic heterocycles. The van der Waals surface area contributed by atoms with Crippen molar-refractivity contribution in [1.29, 1.82) is 5.26 Å². The van der Waals surface area contributed by atoms with Crippen molar-refractivity contribution in [3.05, 3.63) is 82.4 Å². The fraction of sp³-hybridized carbons (Fsp3) is 0.0455. The van der Waals surface area contributed by atoms with E-state index in [0.29, 0.717) is 11.3 Å². The van der Waals surface area contributed by atoms with Crippen LogP contribution in [0.3, 0.4) is 0 Å². The van der Waals surface area contributed by atoms with Gasteiger partial charge in [-0.05, 0) is 43.3 Å². The predicted molar refractivity (Wildman–Crippen MR) is 104 cm³/mol. The van der Waals surface area contributed by atoms with Crippen molar-refractivity contribution >= 4 is 23.0 Å². The van der Waals surface area contributed by atoms with Gasteiger partial charge in [-0.1, -0.05) is 29.8 Å². The molecule has 0 bridgehead atoms. The molecule has 0 spiro atoms. The maximum atomic E-state index is 9.56. The van der Waals surface area contributed by atoms with E-state index in [1.807, 2.05) is 47.8 Å². The smallest absolute Gasteiger partial charge is 0.134 e. The summed E-state index contributed by atoms with van der Waals surface area (Å²) >= 11 is 1.51. The first-order chi connectivity index (χ1) is 12.7. The molecule has 0 aliphatic carbocycles. The van der Waals surface area contributed by atoms with Gasteiger partial charge >= 0.3 is 0 Å². The van der Waals surface area contributed by atoms with Gasteiger partial charge in [0.25, 0.3) is 0 Å². The third-order valence-electron chi connectivity index (χ3n) is 4.04. The van der Waals surface area contributed by atoms with Crippen LogP contribution in [0.1, 0.15) is 16.2 Å². The maximum absolute atomic E-state index is 9.56. The van der Waals surface area contributed by atoms with Crippen LogP contribution in [0, 0.1) is 18.3 Å². The molecule has 0 saturated heterocycles. The third-order valence-corrected chi connectivity index (χ3v) is 5.00. The van der Waals surface area contributed by atoms with Crippen molar-refractivity contribution in [3.63, 3.8) is 0 Å². The Morgan fingerprint density at radius 2 is 1.88 bits per heavy atom. The summed E-state index contributed by atoms with van der Waals surface area (Å²) in [6, 6.07) is 19.9. The second-order valence-corrected chi connectivity index (χ2v) is 6.83. The summed E-state index contributed by atoms with van der Waals surface area (Å²) in [5, 5.41) is 11.5. The molecule has 4 aromatic rings. The highest BCUT2D eigenvalue weighted by atomic mass is 32.1. The number of nitrogens with zero attached hydrogens (tertiary/aromatic N) is 1. The highest BCUT2D eigenvalue weighted by Gasteiger charge is 2.10. The van der Waals surface area contributed by atoms with Crippen molar-refractivity contribution in [2.75, 3.05) is 0 Å². The maximum Gasteiger partial charge on any atom is 0.134 e. The van der Waals surface area contributed by atoms with Crippen molar-refractivity contribution in [1.82, 2.24) is 0 Å². The van der Waals surface area contributed by atoms with E-state index < -0.39 is 0 Å². The number of nitriles is 1. The molecule has 0 aliphatic rings. The molecule has 0 fully saturated rings. The summed E-state index contributed by atoms with van der Waals surface area (Å²) < 4.78 is 11.3. The van der Waals surface area contributed by atoms with Crippen LogP contribution in [0.5, 0.6) is 0 Å². The number of furan rings is 2. The van der Waals surface area contributed by atoms with Gasteiger partial charge in [0.2, 0.25) is 0 Å². The summed E-state index contributed by atoms with van der Waals surface area (Å²) in [5.74, 6) is 2.24. The lowest BCUT2D eigenvalue weighted by atomic mass is 10.1. The van der Waals surface area contributed by atoms with Crippen LogP contribution in [0.25, 0.3) is 34.3 Å². The molecule has 4 rings (SSSR count). The van der Waals surface area contributed by atoms with E-state index in [4.69, 9.17) is 8.83 Å². The molecule has 0 unspecified atom stereocenters. The van der Waals surface area contributed by atoms with Gasteiger partial charge in [-0.25, -0.2) is 0 Å². The summed E-state index contributed by atoms with van der Waals surface area (Å²) in [7, 11) is 0. The van der Waals surface area contributed by atoms with Gasteiger partial charge in [0.15, 0.2) is 0 Å². The Morgan fingerprint density at radius 1 is 1.04 bits per heavy atom. The van der Waals surface area contributed by atoms with Crippen molar-refractivity contribution in [2.24, 2.45) is 0 Å². The highest BCUT2D eigenvalue weighted by Crippen LogP contribution is 2.32. The molecule has 26 heavy (non-hydrogen) atoms. The van der Waals surface area contributed by atoms with Crippen LogP contribution in [-0.2, 0) is 0 Å². The number of rotatable bonds is 4. The third kappa shape index (κ3) is 3.26. The van der Waals surface area contributed by atoms with Crippen LogP contribution >= 0.6 is 11.3 Å². The molecule has 0 amide bonds. The Balaban J connectivity index is 1.62. The first-order valence-electron chi connectivity index (χ1n) is 8.14. The summed E-state index contributed by atoms with van der Waals surface area (Å²) in [6.07, 6.45) is 3.42. The van der Waals surface area contributed by atoms with Crippen LogP contribution in [0.15, 0.2) is 75.1 Å². The van der Waals surface area contributed by atoms with Crippen LogP contribution in [-0.4, -0.2) is 0 Å². The fourth-order valence-electron chi connectivity index (χ4n) is 2.65. The van der Waals surface area contributed by atoms with Crippen LogP contribution < -0.4 is 0 Å². The molecule has 0 saturated carbocycles. The Labute approximate surface area is 155 Å². The molecule has 0 radical (unpaired) electrons. The predicted octanol–water partition coefficient (Wildman–Crippen LogP) is 6.64. The van der Waals surface area contributed by atoms with Crippen molar-refractivity contribution < 1.29 is 8.83 Å². The molecule has 4 heteroatoms. The lowest BCUT2D eigenvalue weighted by Gasteiger charge is -1.97. The monoisotopic (exact) mass is 357 g/mol. The number of thiophene rings is 1. The summed E-state index contributed by atoms with van der Waals surface area (Å²) in [5.41, 5.74) is 3.76. The van der Waals surface area contributed by atoms with E-state index in [-0.39, 0.29) is 0 Å². The largest absolute Gasteiger partial charge is 0.464 e. The first kappa shape index (κ1) is 16.2. The zero-order chi connectivity index (χ0) is 17.9. The van der Waals surface area contributed by atoms with E-state index in [1.54, 1.807) is 12.3 Å². The molecule has 0 atom stereocenters. The van der Waals surface area contributed by atoms with Gasteiger partial charge in [0.05, 0.1) is 11.8 Å². The van der Waals surface area contributed by atoms with Gasteiger partial charge < -0.3 is 8.83 Å². The number of aryl methyl sites for hydroxylation is 1. The average molecular weight is 357 g/mol. The van der Waals surface area contributed by atoms with Crippen LogP contribution in [0.4, 0.5) is 0 Å². The molecular weight excluding hydrogens is 342 g/mol. The molecule has 3 nitrogen and oxygen atoms in total. The van der Waals surface area contributed by atoms with E-state index in [0.717, 1.165) is 27.5 Å². The fourth-order valence-corrected chi connectivity index (χ4v) is 3.52. The highest BCUT2D eigenvalue weighted by molar-refractivity contribution is 7.11. The van der Waals surface area contributed by atoms with Crippen molar-refractivity contribution in [3.8, 4) is 28.7 Å². The molecule has 3 heterocycles. The lowest BCUT2D eigenvalue weighted by Crippen LogP contribution is -1.76. The minimum absolute atomic E-state index is 0.567. The van der Waals surface area contributed by atoms with Gasteiger partial charge in [-0.3, -0.25) is 0 Å². The average Bonchev–Trinajstić information content (AvgIpc) is 3.40. The Hall–Kier alpha value is -3.29.